The number of carbonyl (C=O) groups is 1. The van der Waals surface area contributed by atoms with E-state index >= 15 is 0 Å². The van der Waals surface area contributed by atoms with Gasteiger partial charge in [-0.05, 0) is 69.6 Å². The zero-order chi connectivity index (χ0) is 14.9. The molecule has 1 aliphatic heterocycles. The van der Waals surface area contributed by atoms with Crippen molar-refractivity contribution in [2.45, 2.75) is 25.8 Å². The molecule has 2 N–H and O–H groups in total. The van der Waals surface area contributed by atoms with Gasteiger partial charge in [0.15, 0.2) is 0 Å². The van der Waals surface area contributed by atoms with Crippen molar-refractivity contribution in [2.24, 2.45) is 11.3 Å². The smallest absolute Gasteiger partial charge is 0.228 e. The lowest BCUT2D eigenvalue weighted by atomic mass is 9.92. The molecule has 114 valence electrons. The Morgan fingerprint density at radius 3 is 2.57 bits per heavy atom. The third-order valence-corrected chi connectivity index (χ3v) is 4.83. The zero-order valence-electron chi connectivity index (χ0n) is 13.0. The zero-order valence-corrected chi connectivity index (χ0v) is 13.0. The van der Waals surface area contributed by atoms with Crippen LogP contribution < -0.4 is 10.6 Å². The van der Waals surface area contributed by atoms with Gasteiger partial charge in [0.05, 0.1) is 0 Å². The SMILES string of the molecule is CN(C)Cc1ccc(NC(=O)C2CC23CCNCC3)cc1. The predicted octanol–water partition coefficient (Wildman–Crippen LogP) is 2.08. The fraction of sp³-hybridized carbons (Fsp3) is 0.588. The molecule has 2 fully saturated rings. The highest BCUT2D eigenvalue weighted by Gasteiger charge is 2.57. The molecule has 0 radical (unpaired) electrons. The second kappa shape index (κ2) is 5.78. The molecule has 1 aromatic carbocycles. The van der Waals surface area contributed by atoms with Crippen molar-refractivity contribution < 1.29 is 4.79 Å². The summed E-state index contributed by atoms with van der Waals surface area (Å²) in [5.41, 5.74) is 2.48. The highest BCUT2D eigenvalue weighted by atomic mass is 16.2. The summed E-state index contributed by atoms with van der Waals surface area (Å²) in [7, 11) is 4.11. The Labute approximate surface area is 126 Å². The number of piperidine rings is 1. The summed E-state index contributed by atoms with van der Waals surface area (Å²) in [5.74, 6) is 0.429. The van der Waals surface area contributed by atoms with Crippen molar-refractivity contribution in [3.63, 3.8) is 0 Å². The predicted molar refractivity (Wildman–Crippen MR) is 85.1 cm³/mol. The van der Waals surface area contributed by atoms with Gasteiger partial charge in [0, 0.05) is 18.2 Å². The molecular weight excluding hydrogens is 262 g/mol. The molecule has 1 aromatic rings. The van der Waals surface area contributed by atoms with E-state index < -0.39 is 0 Å². The maximum atomic E-state index is 12.4. The number of hydrogen-bond acceptors (Lipinski definition) is 3. The van der Waals surface area contributed by atoms with Gasteiger partial charge >= 0.3 is 0 Å². The van der Waals surface area contributed by atoms with E-state index in [1.54, 1.807) is 0 Å². The lowest BCUT2D eigenvalue weighted by Gasteiger charge is -2.23. The Balaban J connectivity index is 1.56. The summed E-state index contributed by atoms with van der Waals surface area (Å²) in [4.78, 5) is 14.5. The van der Waals surface area contributed by atoms with Crippen LogP contribution >= 0.6 is 0 Å². The van der Waals surface area contributed by atoms with Gasteiger partial charge in [0.2, 0.25) is 5.91 Å². The van der Waals surface area contributed by atoms with Crippen LogP contribution in [0.3, 0.4) is 0 Å². The summed E-state index contributed by atoms with van der Waals surface area (Å²) in [6.45, 7) is 3.04. The summed E-state index contributed by atoms with van der Waals surface area (Å²) in [6, 6.07) is 8.19. The Bertz CT molecular complexity index is 503. The molecule has 1 spiro atoms. The molecule has 1 aliphatic carbocycles. The van der Waals surface area contributed by atoms with Crippen LogP contribution in [-0.4, -0.2) is 38.0 Å². The summed E-state index contributed by atoms with van der Waals surface area (Å²) in [6.07, 6.45) is 3.36. The summed E-state index contributed by atoms with van der Waals surface area (Å²) >= 11 is 0. The van der Waals surface area contributed by atoms with E-state index in [0.29, 0.717) is 5.41 Å². The standard InChI is InChI=1S/C17H25N3O/c1-20(2)12-13-3-5-14(6-4-13)19-16(21)15-11-17(15)7-9-18-10-8-17/h3-6,15,18H,7-12H2,1-2H3,(H,19,21). The fourth-order valence-corrected chi connectivity index (χ4v) is 3.48. The van der Waals surface area contributed by atoms with Crippen LogP contribution in [0.1, 0.15) is 24.8 Å². The molecule has 4 nitrogen and oxygen atoms in total. The Morgan fingerprint density at radius 2 is 1.95 bits per heavy atom. The van der Waals surface area contributed by atoms with Gasteiger partial charge in [-0.15, -0.1) is 0 Å². The minimum Gasteiger partial charge on any atom is -0.326 e. The number of amides is 1. The highest BCUT2D eigenvalue weighted by molar-refractivity contribution is 5.95. The Hall–Kier alpha value is -1.39. The van der Waals surface area contributed by atoms with Crippen molar-refractivity contribution >= 4 is 11.6 Å². The largest absolute Gasteiger partial charge is 0.326 e. The van der Waals surface area contributed by atoms with Crippen molar-refractivity contribution in [2.75, 3.05) is 32.5 Å². The molecule has 1 saturated heterocycles. The quantitative estimate of drug-likeness (QED) is 0.891. The monoisotopic (exact) mass is 287 g/mol. The van der Waals surface area contributed by atoms with Crippen molar-refractivity contribution in [1.82, 2.24) is 10.2 Å². The van der Waals surface area contributed by atoms with Crippen LogP contribution in [0.15, 0.2) is 24.3 Å². The first-order valence-corrected chi connectivity index (χ1v) is 7.84. The maximum Gasteiger partial charge on any atom is 0.228 e. The molecule has 1 amide bonds. The Kier molecular flexibility index (Phi) is 4.00. The van der Waals surface area contributed by atoms with Gasteiger partial charge in [-0.1, -0.05) is 12.1 Å². The summed E-state index contributed by atoms with van der Waals surface area (Å²) < 4.78 is 0. The average Bonchev–Trinajstić information content (AvgIpc) is 3.15. The van der Waals surface area contributed by atoms with Crippen molar-refractivity contribution in [3.05, 3.63) is 29.8 Å². The lowest BCUT2D eigenvalue weighted by molar-refractivity contribution is -0.118. The van der Waals surface area contributed by atoms with E-state index in [1.807, 2.05) is 12.1 Å². The van der Waals surface area contributed by atoms with Gasteiger partial charge in [-0.3, -0.25) is 4.79 Å². The van der Waals surface area contributed by atoms with Crippen molar-refractivity contribution in [3.8, 4) is 0 Å². The number of nitrogens with one attached hydrogen (secondary N) is 2. The van der Waals surface area contributed by atoms with Crippen LogP contribution in [0.5, 0.6) is 0 Å². The average molecular weight is 287 g/mol. The normalized spacial score (nSPS) is 23.3. The number of benzene rings is 1. The van der Waals surface area contributed by atoms with Crippen LogP contribution in [0, 0.1) is 11.3 Å². The molecule has 1 saturated carbocycles. The molecule has 0 bridgehead atoms. The van der Waals surface area contributed by atoms with Gasteiger partial charge in [0.1, 0.15) is 0 Å². The second-order valence-corrected chi connectivity index (χ2v) is 6.79. The highest BCUT2D eigenvalue weighted by Crippen LogP contribution is 2.58. The number of nitrogens with zero attached hydrogens (tertiary/aromatic N) is 1. The molecule has 1 atom stereocenters. The van der Waals surface area contributed by atoms with E-state index in [9.17, 15) is 4.79 Å². The first kappa shape index (κ1) is 14.5. The van der Waals surface area contributed by atoms with Crippen LogP contribution in [0.2, 0.25) is 0 Å². The second-order valence-electron chi connectivity index (χ2n) is 6.79. The first-order valence-electron chi connectivity index (χ1n) is 7.84. The number of hydrogen-bond donors (Lipinski definition) is 2. The third-order valence-electron chi connectivity index (χ3n) is 4.83. The molecular formula is C17H25N3O. The Morgan fingerprint density at radius 1 is 1.29 bits per heavy atom. The number of carbonyl (C=O) groups excluding carboxylic acids is 1. The first-order chi connectivity index (χ1) is 10.1. The molecule has 1 unspecified atom stereocenters. The molecule has 3 rings (SSSR count). The molecule has 1 heterocycles. The van der Waals surface area contributed by atoms with Crippen LogP contribution in [-0.2, 0) is 11.3 Å². The van der Waals surface area contributed by atoms with Crippen LogP contribution in [0.25, 0.3) is 0 Å². The van der Waals surface area contributed by atoms with E-state index in [0.717, 1.165) is 44.6 Å². The van der Waals surface area contributed by atoms with E-state index in [4.69, 9.17) is 0 Å². The minimum atomic E-state index is 0.206. The van der Waals surface area contributed by atoms with E-state index in [2.05, 4.69) is 41.8 Å². The minimum absolute atomic E-state index is 0.206. The topological polar surface area (TPSA) is 44.4 Å². The van der Waals surface area contributed by atoms with Gasteiger partial charge < -0.3 is 15.5 Å². The molecule has 21 heavy (non-hydrogen) atoms. The van der Waals surface area contributed by atoms with E-state index in [-0.39, 0.29) is 11.8 Å². The molecule has 0 aromatic heterocycles. The van der Waals surface area contributed by atoms with E-state index in [1.165, 1.54) is 5.56 Å². The van der Waals surface area contributed by atoms with Gasteiger partial charge in [0.25, 0.3) is 0 Å². The van der Waals surface area contributed by atoms with Gasteiger partial charge in [-0.25, -0.2) is 0 Å². The fourth-order valence-electron chi connectivity index (χ4n) is 3.48. The maximum absolute atomic E-state index is 12.4. The number of anilines is 1. The van der Waals surface area contributed by atoms with Crippen molar-refractivity contribution in [1.29, 1.82) is 0 Å². The molecule has 2 aliphatic rings. The number of rotatable bonds is 4. The van der Waals surface area contributed by atoms with Crippen LogP contribution in [0.4, 0.5) is 5.69 Å². The van der Waals surface area contributed by atoms with Gasteiger partial charge in [-0.2, -0.15) is 0 Å². The lowest BCUT2D eigenvalue weighted by Crippen LogP contribution is -2.31. The molecule has 4 heteroatoms. The summed E-state index contributed by atoms with van der Waals surface area (Å²) in [5, 5.41) is 6.46. The third kappa shape index (κ3) is 3.27.